The minimum absolute atomic E-state index is 0.189. The van der Waals surface area contributed by atoms with E-state index in [1.807, 2.05) is 18.2 Å². The molecule has 6 heteroatoms. The first kappa shape index (κ1) is 18.2. The monoisotopic (exact) mass is 370 g/mol. The van der Waals surface area contributed by atoms with Crippen LogP contribution in [0.15, 0.2) is 60.3 Å². The van der Waals surface area contributed by atoms with Crippen LogP contribution in [0.5, 0.6) is 0 Å². The van der Waals surface area contributed by atoms with Crippen LogP contribution in [0.1, 0.15) is 15.9 Å². The molecule has 0 aliphatic carbocycles. The lowest BCUT2D eigenvalue weighted by atomic mass is 10.1. The van der Waals surface area contributed by atoms with E-state index in [0.717, 1.165) is 0 Å². The molecule has 0 aromatic heterocycles. The molecule has 0 spiro atoms. The first-order valence-corrected chi connectivity index (χ1v) is 8.72. The molecule has 3 rings (SSSR count). The lowest BCUT2D eigenvalue weighted by Crippen LogP contribution is -2.44. The maximum atomic E-state index is 12.9. The van der Waals surface area contributed by atoms with Crippen molar-refractivity contribution >= 4 is 29.5 Å². The number of nitrogens with zero attached hydrogens (tertiary/aromatic N) is 1. The molecule has 1 fully saturated rings. The van der Waals surface area contributed by atoms with Gasteiger partial charge in [-0.1, -0.05) is 48.0 Å². The van der Waals surface area contributed by atoms with Gasteiger partial charge in [0.2, 0.25) is 0 Å². The highest BCUT2D eigenvalue weighted by atomic mass is 35.5. The highest BCUT2D eigenvalue weighted by molar-refractivity contribution is 6.32. The Kier molecular flexibility index (Phi) is 6.04. The van der Waals surface area contributed by atoms with Crippen LogP contribution >= 0.6 is 11.6 Å². The Hall–Kier alpha value is -2.63. The van der Waals surface area contributed by atoms with Crippen molar-refractivity contribution in [3.05, 3.63) is 76.4 Å². The lowest BCUT2D eigenvalue weighted by Gasteiger charge is -2.28. The number of nitrogens with one attached hydrogen (secondary N) is 1. The summed E-state index contributed by atoms with van der Waals surface area (Å²) >= 11 is 6.21. The number of hydrogen-bond acceptors (Lipinski definition) is 3. The van der Waals surface area contributed by atoms with Crippen LogP contribution in [0, 0.1) is 0 Å². The van der Waals surface area contributed by atoms with Crippen LogP contribution in [0.25, 0.3) is 6.08 Å². The predicted molar refractivity (Wildman–Crippen MR) is 101 cm³/mol. The van der Waals surface area contributed by atoms with Gasteiger partial charge >= 0.3 is 0 Å². The molecular formula is C20H19ClN2O3. The first-order valence-electron chi connectivity index (χ1n) is 8.35. The van der Waals surface area contributed by atoms with Crippen LogP contribution in [0.2, 0.25) is 5.02 Å². The molecule has 5 nitrogen and oxygen atoms in total. The van der Waals surface area contributed by atoms with Crippen LogP contribution < -0.4 is 5.32 Å². The predicted octanol–water partition coefficient (Wildman–Crippen LogP) is 2.97. The molecule has 2 aromatic rings. The number of carbonyl (C=O) groups excluding carboxylic acids is 2. The molecule has 0 unspecified atom stereocenters. The van der Waals surface area contributed by atoms with Gasteiger partial charge in [0, 0.05) is 23.7 Å². The van der Waals surface area contributed by atoms with Crippen molar-refractivity contribution in [2.75, 3.05) is 26.3 Å². The van der Waals surface area contributed by atoms with Crippen LogP contribution in [-0.4, -0.2) is 43.0 Å². The smallest absolute Gasteiger partial charge is 0.270 e. The summed E-state index contributed by atoms with van der Waals surface area (Å²) in [5.74, 6) is -0.594. The van der Waals surface area contributed by atoms with E-state index in [9.17, 15) is 9.59 Å². The van der Waals surface area contributed by atoms with E-state index < -0.39 is 0 Å². The molecule has 0 bridgehead atoms. The van der Waals surface area contributed by atoms with Crippen LogP contribution in [0.4, 0.5) is 0 Å². The minimum atomic E-state index is -0.342. The molecule has 1 aliphatic heterocycles. The van der Waals surface area contributed by atoms with Gasteiger partial charge in [-0.2, -0.15) is 0 Å². The average Bonchev–Trinajstić information content (AvgIpc) is 2.70. The fraction of sp³-hybridized carbons (Fsp3) is 0.200. The van der Waals surface area contributed by atoms with Crippen molar-refractivity contribution in [1.82, 2.24) is 10.2 Å². The van der Waals surface area contributed by atoms with Crippen molar-refractivity contribution in [3.8, 4) is 0 Å². The number of morpholine rings is 1. The number of halogens is 1. The molecule has 2 aromatic carbocycles. The van der Waals surface area contributed by atoms with Crippen molar-refractivity contribution in [1.29, 1.82) is 0 Å². The zero-order valence-electron chi connectivity index (χ0n) is 14.2. The summed E-state index contributed by atoms with van der Waals surface area (Å²) in [6.07, 6.45) is 1.61. The quantitative estimate of drug-likeness (QED) is 0.842. The number of ether oxygens (including phenoxy) is 1. The summed E-state index contributed by atoms with van der Waals surface area (Å²) in [5.41, 5.74) is 1.33. The Balaban J connectivity index is 1.89. The van der Waals surface area contributed by atoms with Crippen LogP contribution in [0.3, 0.4) is 0 Å². The standard InChI is InChI=1S/C20H19ClN2O3/c21-17-9-5-4-8-16(17)14-18(20(25)23-10-12-26-13-11-23)22-19(24)15-6-2-1-3-7-15/h1-9,14H,10-13H2,(H,22,24)/b18-14+. The number of hydrogen-bond donors (Lipinski definition) is 1. The number of carbonyl (C=O) groups is 2. The van der Waals surface area contributed by atoms with Gasteiger partial charge in [0.1, 0.15) is 5.70 Å². The van der Waals surface area contributed by atoms with E-state index >= 15 is 0 Å². The Morgan fingerprint density at radius 3 is 2.35 bits per heavy atom. The van der Waals surface area contributed by atoms with Crippen molar-refractivity contribution < 1.29 is 14.3 Å². The average molecular weight is 371 g/mol. The minimum Gasteiger partial charge on any atom is -0.378 e. The van der Waals surface area contributed by atoms with Gasteiger partial charge in [-0.3, -0.25) is 9.59 Å². The van der Waals surface area contributed by atoms with Crippen molar-refractivity contribution in [2.24, 2.45) is 0 Å². The van der Waals surface area contributed by atoms with Gasteiger partial charge in [-0.25, -0.2) is 0 Å². The lowest BCUT2D eigenvalue weighted by molar-refractivity contribution is -0.131. The summed E-state index contributed by atoms with van der Waals surface area (Å²) in [7, 11) is 0. The maximum Gasteiger partial charge on any atom is 0.270 e. The second-order valence-corrected chi connectivity index (χ2v) is 6.21. The summed E-state index contributed by atoms with van der Waals surface area (Å²) in [4.78, 5) is 27.1. The van der Waals surface area contributed by atoms with Crippen molar-refractivity contribution in [2.45, 2.75) is 0 Å². The Labute approximate surface area is 157 Å². The maximum absolute atomic E-state index is 12.9. The Bertz CT molecular complexity index is 815. The molecular weight excluding hydrogens is 352 g/mol. The molecule has 26 heavy (non-hydrogen) atoms. The molecule has 0 radical (unpaired) electrons. The van der Waals surface area contributed by atoms with Gasteiger partial charge in [0.05, 0.1) is 13.2 Å². The highest BCUT2D eigenvalue weighted by Gasteiger charge is 2.22. The van der Waals surface area contributed by atoms with E-state index in [0.29, 0.717) is 42.5 Å². The van der Waals surface area contributed by atoms with Gasteiger partial charge in [0.25, 0.3) is 11.8 Å². The Morgan fingerprint density at radius 1 is 1.00 bits per heavy atom. The molecule has 1 saturated heterocycles. The van der Waals surface area contributed by atoms with E-state index in [1.54, 1.807) is 47.4 Å². The molecule has 134 valence electrons. The summed E-state index contributed by atoms with van der Waals surface area (Å²) in [6, 6.07) is 15.9. The molecule has 1 heterocycles. The third-order valence-corrected chi connectivity index (χ3v) is 4.36. The third-order valence-electron chi connectivity index (χ3n) is 4.02. The second kappa shape index (κ2) is 8.65. The van der Waals surface area contributed by atoms with E-state index in [-0.39, 0.29) is 17.5 Å². The number of benzene rings is 2. The summed E-state index contributed by atoms with van der Waals surface area (Å²) < 4.78 is 5.30. The van der Waals surface area contributed by atoms with E-state index in [4.69, 9.17) is 16.3 Å². The van der Waals surface area contributed by atoms with E-state index in [2.05, 4.69) is 5.32 Å². The SMILES string of the molecule is O=C(N/C(=C/c1ccccc1Cl)C(=O)N1CCOCC1)c1ccccc1. The third kappa shape index (κ3) is 4.50. The summed E-state index contributed by atoms with van der Waals surface area (Å²) in [5, 5.41) is 3.25. The van der Waals surface area contributed by atoms with Gasteiger partial charge < -0.3 is 15.0 Å². The Morgan fingerprint density at radius 2 is 1.65 bits per heavy atom. The largest absolute Gasteiger partial charge is 0.378 e. The summed E-state index contributed by atoms with van der Waals surface area (Å²) in [6.45, 7) is 1.94. The molecule has 0 saturated carbocycles. The molecule has 2 amide bonds. The number of rotatable bonds is 4. The van der Waals surface area contributed by atoms with Gasteiger partial charge in [0.15, 0.2) is 0 Å². The van der Waals surface area contributed by atoms with Gasteiger partial charge in [-0.15, -0.1) is 0 Å². The van der Waals surface area contributed by atoms with Crippen LogP contribution in [-0.2, 0) is 9.53 Å². The second-order valence-electron chi connectivity index (χ2n) is 5.80. The normalized spacial score (nSPS) is 14.8. The molecule has 1 N–H and O–H groups in total. The zero-order valence-corrected chi connectivity index (χ0v) is 14.9. The molecule has 0 atom stereocenters. The first-order chi connectivity index (χ1) is 12.6. The van der Waals surface area contributed by atoms with Crippen molar-refractivity contribution in [3.63, 3.8) is 0 Å². The fourth-order valence-electron chi connectivity index (χ4n) is 2.62. The van der Waals surface area contributed by atoms with E-state index in [1.165, 1.54) is 0 Å². The topological polar surface area (TPSA) is 58.6 Å². The molecule has 1 aliphatic rings. The highest BCUT2D eigenvalue weighted by Crippen LogP contribution is 2.19. The fourth-order valence-corrected chi connectivity index (χ4v) is 2.81. The van der Waals surface area contributed by atoms with Gasteiger partial charge in [-0.05, 0) is 29.8 Å². The zero-order chi connectivity index (χ0) is 18.4. The number of amides is 2.